The fourth-order valence-electron chi connectivity index (χ4n) is 2.91. The number of carboxylic acid groups (broad SMARTS) is 1. The zero-order chi connectivity index (χ0) is 23.1. The first-order valence-corrected chi connectivity index (χ1v) is 12.6. The fraction of sp³-hybridized carbons (Fsp3) is 0.364. The second-order valence-electron chi connectivity index (χ2n) is 7.28. The molecule has 2 aromatic rings. The summed E-state index contributed by atoms with van der Waals surface area (Å²) in [6, 6.07) is 7.70. The van der Waals surface area contributed by atoms with Gasteiger partial charge in [0.15, 0.2) is 5.75 Å². The minimum atomic E-state index is -1.04. The van der Waals surface area contributed by atoms with Gasteiger partial charge in [-0.2, -0.15) is 11.8 Å². The average Bonchev–Trinajstić information content (AvgIpc) is 2.68. The van der Waals surface area contributed by atoms with Crippen molar-refractivity contribution in [2.45, 2.75) is 38.6 Å². The lowest BCUT2D eigenvalue weighted by atomic mass is 10.0. The summed E-state index contributed by atoms with van der Waals surface area (Å²) >= 11 is 8.50. The molecule has 1 unspecified atom stereocenters. The molecule has 0 saturated carbocycles. The summed E-state index contributed by atoms with van der Waals surface area (Å²) in [7, 11) is 0. The van der Waals surface area contributed by atoms with E-state index in [0.717, 1.165) is 5.56 Å². The third kappa shape index (κ3) is 7.43. The molecule has 3 N–H and O–H groups in total. The Morgan fingerprint density at radius 2 is 1.81 bits per heavy atom. The Balaban J connectivity index is 2.14. The first-order valence-electron chi connectivity index (χ1n) is 9.62. The highest BCUT2D eigenvalue weighted by atomic mass is 79.9. The number of phenolic OH excluding ortho intramolecular Hbond substituents is 1. The molecule has 1 atom stereocenters. The van der Waals surface area contributed by atoms with Crippen molar-refractivity contribution < 1.29 is 24.5 Å². The van der Waals surface area contributed by atoms with Crippen LogP contribution in [0.25, 0.3) is 0 Å². The van der Waals surface area contributed by atoms with Gasteiger partial charge in [-0.25, -0.2) is 4.79 Å². The predicted octanol–water partition coefficient (Wildman–Crippen LogP) is 5.70. The molecular weight excluding hydrogens is 550 g/mol. The smallest absolute Gasteiger partial charge is 0.326 e. The maximum atomic E-state index is 12.4. The standard InChI is InChI=1S/C22H25Br2NO5S/c1-12(2)15-11-14(4-5-19(15)26)30-21-16(23)8-13(9-17(21)24)10-20(27)25-18(22(28)29)6-7-31-3/h4-5,8-9,11-12,18,26H,6-7,10H2,1-3H3,(H,25,27)(H,28,29). The van der Waals surface area contributed by atoms with Crippen LogP contribution < -0.4 is 10.1 Å². The number of benzene rings is 2. The number of carbonyl (C=O) groups excluding carboxylic acids is 1. The molecule has 0 aliphatic carbocycles. The molecule has 0 spiro atoms. The quantitative estimate of drug-likeness (QED) is 0.337. The van der Waals surface area contributed by atoms with Crippen molar-refractivity contribution >= 4 is 55.5 Å². The topological polar surface area (TPSA) is 95.9 Å². The normalized spacial score (nSPS) is 11.9. The Morgan fingerprint density at radius 3 is 2.35 bits per heavy atom. The van der Waals surface area contributed by atoms with E-state index in [2.05, 4.69) is 37.2 Å². The van der Waals surface area contributed by atoms with E-state index in [-0.39, 0.29) is 24.0 Å². The summed E-state index contributed by atoms with van der Waals surface area (Å²) < 4.78 is 7.28. The van der Waals surface area contributed by atoms with E-state index < -0.39 is 12.0 Å². The van der Waals surface area contributed by atoms with E-state index in [1.54, 1.807) is 30.3 Å². The Labute approximate surface area is 203 Å². The summed E-state index contributed by atoms with van der Waals surface area (Å²) in [5.74, 6) is 0.723. The van der Waals surface area contributed by atoms with Crippen LogP contribution in [0.5, 0.6) is 17.2 Å². The molecule has 0 fully saturated rings. The fourth-order valence-corrected chi connectivity index (χ4v) is 4.83. The second-order valence-corrected chi connectivity index (χ2v) is 9.98. The Kier molecular flexibility index (Phi) is 9.71. The van der Waals surface area contributed by atoms with Gasteiger partial charge in [-0.1, -0.05) is 13.8 Å². The summed E-state index contributed by atoms with van der Waals surface area (Å²) in [4.78, 5) is 23.7. The molecule has 6 nitrogen and oxygen atoms in total. The maximum absolute atomic E-state index is 12.4. The third-order valence-electron chi connectivity index (χ3n) is 4.51. The molecule has 1 amide bonds. The predicted molar refractivity (Wildman–Crippen MR) is 130 cm³/mol. The number of hydrogen-bond acceptors (Lipinski definition) is 5. The largest absolute Gasteiger partial charge is 0.508 e. The molecule has 0 aromatic heterocycles. The van der Waals surface area contributed by atoms with Crippen molar-refractivity contribution in [1.29, 1.82) is 0 Å². The van der Waals surface area contributed by atoms with E-state index in [1.165, 1.54) is 11.8 Å². The first-order chi connectivity index (χ1) is 14.6. The molecule has 2 rings (SSSR count). The van der Waals surface area contributed by atoms with E-state index in [1.807, 2.05) is 20.1 Å². The number of ether oxygens (including phenoxy) is 1. The lowest BCUT2D eigenvalue weighted by Gasteiger charge is -2.16. The molecular formula is C22H25Br2NO5S. The molecule has 0 radical (unpaired) electrons. The van der Waals surface area contributed by atoms with Gasteiger partial charge in [-0.05, 0) is 92.1 Å². The van der Waals surface area contributed by atoms with Crippen LogP contribution in [0, 0.1) is 0 Å². The van der Waals surface area contributed by atoms with Crippen LogP contribution in [0.2, 0.25) is 0 Å². The Morgan fingerprint density at radius 1 is 1.16 bits per heavy atom. The van der Waals surface area contributed by atoms with Crippen LogP contribution in [0.4, 0.5) is 0 Å². The van der Waals surface area contributed by atoms with E-state index in [9.17, 15) is 19.8 Å². The van der Waals surface area contributed by atoms with Crippen molar-refractivity contribution in [3.8, 4) is 17.2 Å². The molecule has 0 aliphatic rings. The third-order valence-corrected chi connectivity index (χ3v) is 6.33. The van der Waals surface area contributed by atoms with Gasteiger partial charge < -0.3 is 20.3 Å². The lowest BCUT2D eigenvalue weighted by molar-refractivity contribution is -0.141. The monoisotopic (exact) mass is 573 g/mol. The van der Waals surface area contributed by atoms with Crippen molar-refractivity contribution in [3.05, 3.63) is 50.4 Å². The summed E-state index contributed by atoms with van der Waals surface area (Å²) in [5, 5.41) is 21.9. The van der Waals surface area contributed by atoms with Gasteiger partial charge in [-0.3, -0.25) is 4.79 Å². The second kappa shape index (κ2) is 11.8. The zero-order valence-corrected chi connectivity index (χ0v) is 21.4. The van der Waals surface area contributed by atoms with Gasteiger partial charge in [0.05, 0.1) is 15.4 Å². The van der Waals surface area contributed by atoms with Crippen LogP contribution >= 0.6 is 43.6 Å². The van der Waals surface area contributed by atoms with Crippen LogP contribution in [-0.4, -0.2) is 40.1 Å². The molecule has 31 heavy (non-hydrogen) atoms. The number of hydrogen-bond donors (Lipinski definition) is 3. The molecule has 168 valence electrons. The molecule has 9 heteroatoms. The van der Waals surface area contributed by atoms with E-state index in [4.69, 9.17) is 4.74 Å². The maximum Gasteiger partial charge on any atom is 0.326 e. The average molecular weight is 575 g/mol. The number of rotatable bonds is 10. The molecule has 2 aromatic carbocycles. The first kappa shape index (κ1) is 25.5. The molecule has 0 bridgehead atoms. The minimum absolute atomic E-state index is 0.0389. The number of thioether (sulfide) groups is 1. The number of carboxylic acids is 1. The van der Waals surface area contributed by atoms with E-state index >= 15 is 0 Å². The van der Waals surface area contributed by atoms with Gasteiger partial charge >= 0.3 is 5.97 Å². The van der Waals surface area contributed by atoms with Crippen LogP contribution in [-0.2, 0) is 16.0 Å². The molecule has 0 saturated heterocycles. The number of aromatic hydroxyl groups is 1. The van der Waals surface area contributed by atoms with Crippen LogP contribution in [0.3, 0.4) is 0 Å². The highest BCUT2D eigenvalue weighted by molar-refractivity contribution is 9.11. The molecule has 0 aliphatic heterocycles. The summed E-state index contributed by atoms with van der Waals surface area (Å²) in [5.41, 5.74) is 1.48. The SMILES string of the molecule is CSCCC(NC(=O)Cc1cc(Br)c(Oc2ccc(O)c(C(C)C)c2)c(Br)c1)C(=O)O. The summed E-state index contributed by atoms with van der Waals surface area (Å²) in [6.07, 6.45) is 2.30. The van der Waals surface area contributed by atoms with Crippen molar-refractivity contribution in [3.63, 3.8) is 0 Å². The van der Waals surface area contributed by atoms with Crippen LogP contribution in [0.1, 0.15) is 37.3 Å². The number of amides is 1. The zero-order valence-electron chi connectivity index (χ0n) is 17.4. The number of nitrogens with one attached hydrogen (secondary N) is 1. The van der Waals surface area contributed by atoms with Gasteiger partial charge in [0, 0.05) is 5.56 Å². The Bertz CT molecular complexity index is 928. The number of carbonyl (C=O) groups is 2. The Hall–Kier alpha value is -1.71. The highest BCUT2D eigenvalue weighted by Crippen LogP contribution is 2.39. The number of phenols is 1. The molecule has 0 heterocycles. The van der Waals surface area contributed by atoms with Gasteiger partial charge in [0.2, 0.25) is 5.91 Å². The van der Waals surface area contributed by atoms with Crippen molar-refractivity contribution in [1.82, 2.24) is 5.32 Å². The van der Waals surface area contributed by atoms with Crippen molar-refractivity contribution in [2.75, 3.05) is 12.0 Å². The van der Waals surface area contributed by atoms with E-state index in [0.29, 0.717) is 38.2 Å². The van der Waals surface area contributed by atoms with Crippen molar-refractivity contribution in [2.24, 2.45) is 0 Å². The summed E-state index contributed by atoms with van der Waals surface area (Å²) in [6.45, 7) is 3.97. The highest BCUT2D eigenvalue weighted by Gasteiger charge is 2.20. The van der Waals surface area contributed by atoms with Crippen LogP contribution in [0.15, 0.2) is 39.3 Å². The minimum Gasteiger partial charge on any atom is -0.508 e. The number of aliphatic carboxylic acids is 1. The van der Waals surface area contributed by atoms with Gasteiger partial charge in [-0.15, -0.1) is 0 Å². The van der Waals surface area contributed by atoms with Gasteiger partial charge in [0.1, 0.15) is 17.5 Å². The number of halogens is 2. The lowest BCUT2D eigenvalue weighted by Crippen LogP contribution is -2.41. The van der Waals surface area contributed by atoms with Gasteiger partial charge in [0.25, 0.3) is 0 Å².